The number of likely N-dealkylation sites (N-methyl/N-ethyl adjacent to an activating group) is 1. The number of aliphatic imine (C=N–C) groups is 1. The molecule has 6 aliphatic rings. The molecule has 2 saturated carbocycles. The Bertz CT molecular complexity index is 1340. The summed E-state index contributed by atoms with van der Waals surface area (Å²) in [6.07, 6.45) is 18.4. The number of phenols is 1. The van der Waals surface area contributed by atoms with Crippen molar-refractivity contribution in [2.45, 2.75) is 89.9 Å². The van der Waals surface area contributed by atoms with Gasteiger partial charge in [-0.15, -0.1) is 4.99 Å². The van der Waals surface area contributed by atoms with Crippen LogP contribution in [0.15, 0.2) is 58.8 Å². The van der Waals surface area contributed by atoms with Crippen LogP contribution in [0.3, 0.4) is 0 Å². The maximum absolute atomic E-state index is 10.7. The molecule has 250 valence electrons. The van der Waals surface area contributed by atoms with Crippen molar-refractivity contribution in [1.82, 2.24) is 10.6 Å². The van der Waals surface area contributed by atoms with E-state index in [0.717, 1.165) is 68.4 Å². The quantitative estimate of drug-likeness (QED) is 0.126. The maximum atomic E-state index is 10.7. The van der Waals surface area contributed by atoms with E-state index in [1.165, 1.54) is 30.5 Å². The third-order valence-electron chi connectivity index (χ3n) is 11.0. The molecule has 0 saturated heterocycles. The third-order valence-corrected chi connectivity index (χ3v) is 11.0. The molecular formula is C38H53N3O5. The van der Waals surface area contributed by atoms with Gasteiger partial charge in [-0.2, -0.15) is 12.0 Å². The van der Waals surface area contributed by atoms with E-state index in [-0.39, 0.29) is 36.0 Å². The van der Waals surface area contributed by atoms with E-state index in [2.05, 4.69) is 35.8 Å². The van der Waals surface area contributed by atoms with E-state index in [0.29, 0.717) is 36.7 Å². The molecule has 2 fully saturated rings. The van der Waals surface area contributed by atoms with E-state index >= 15 is 0 Å². The number of ether oxygens (including phenoxy) is 2. The average Bonchev–Trinajstić information content (AvgIpc) is 3.76. The summed E-state index contributed by atoms with van der Waals surface area (Å²) in [7, 11) is 1.93. The van der Waals surface area contributed by atoms with Crippen LogP contribution in [0, 0.1) is 35.1 Å². The lowest BCUT2D eigenvalue weighted by atomic mass is 9.64. The summed E-state index contributed by atoms with van der Waals surface area (Å²) < 4.78 is 12.4. The highest BCUT2D eigenvalue weighted by Gasteiger charge is 2.59. The van der Waals surface area contributed by atoms with E-state index < -0.39 is 0 Å². The minimum Gasteiger partial charge on any atom is -0.592 e. The summed E-state index contributed by atoms with van der Waals surface area (Å²) in [6.45, 7) is 5.78. The number of aliphatic hydroxyl groups excluding tert-OH is 2. The number of allylic oxidation sites excluding steroid dienone is 3. The van der Waals surface area contributed by atoms with Crippen molar-refractivity contribution in [3.63, 3.8) is 0 Å². The zero-order chi connectivity index (χ0) is 32.3. The number of unbranched alkanes of at least 4 members (excludes halogenated alkanes) is 1. The predicted octanol–water partition coefficient (Wildman–Crippen LogP) is 5.21. The number of aryl methyl sites for hydroxylation is 1. The highest BCUT2D eigenvalue weighted by Crippen LogP contribution is 2.60. The second-order valence-electron chi connectivity index (χ2n) is 14.0. The van der Waals surface area contributed by atoms with Gasteiger partial charge in [0.1, 0.15) is 18.2 Å². The first-order valence-corrected chi connectivity index (χ1v) is 17.6. The molecule has 0 radical (unpaired) electrons. The maximum Gasteiger partial charge on any atom is 0.196 e. The number of aliphatic hydroxyl groups is 2. The number of nitrogens with one attached hydrogen (secondary N) is 2. The van der Waals surface area contributed by atoms with Crippen molar-refractivity contribution in [2.24, 2.45) is 28.2 Å². The van der Waals surface area contributed by atoms with Crippen molar-refractivity contribution in [1.29, 1.82) is 0 Å². The van der Waals surface area contributed by atoms with Crippen LogP contribution in [0.2, 0.25) is 0 Å². The summed E-state index contributed by atoms with van der Waals surface area (Å²) in [4.78, 5) is 5.27. The lowest BCUT2D eigenvalue weighted by molar-refractivity contribution is 0.123. The summed E-state index contributed by atoms with van der Waals surface area (Å²) in [5.41, 5.74) is 3.76. The SMILES string of the molecule is CCCCC1OC(CCc2ccc(O)c(OCC(NC)[C+]3C=C4C(=N3)C3C=CC5(CCCC5C3)C4CNCC(C)O)c2)=C[C-]1CO. The van der Waals surface area contributed by atoms with Crippen LogP contribution in [0.1, 0.15) is 70.8 Å². The molecule has 1 spiro atoms. The van der Waals surface area contributed by atoms with E-state index in [1.54, 1.807) is 6.07 Å². The normalized spacial score (nSPS) is 29.1. The molecule has 7 atom stereocenters. The third kappa shape index (κ3) is 6.73. The Morgan fingerprint density at radius 2 is 2.15 bits per heavy atom. The van der Waals surface area contributed by atoms with Crippen LogP contribution < -0.4 is 15.4 Å². The Hall–Kier alpha value is -2.91. The van der Waals surface area contributed by atoms with Crippen LogP contribution >= 0.6 is 0 Å². The van der Waals surface area contributed by atoms with Gasteiger partial charge in [0.25, 0.3) is 0 Å². The number of phenolic OH excluding ortho intramolecular Hbond substituents is 1. The van der Waals surface area contributed by atoms with Crippen molar-refractivity contribution in [3.8, 4) is 11.5 Å². The van der Waals surface area contributed by atoms with Gasteiger partial charge in [0.05, 0.1) is 24.0 Å². The zero-order valence-corrected chi connectivity index (χ0v) is 27.8. The number of rotatable bonds is 16. The molecule has 2 bridgehead atoms. The standard InChI is InChI=1S/C38H53N3O5/c1-4-5-8-35-27(22-42)18-29(46-35)11-9-25-10-12-34(44)36(16-25)45-23-33(39-3)32-19-30-31(21-40-20-24(2)43)38-14-6-7-28(38)17-26(13-15-38)37(30)41-32/h10,12-13,15-16,18-19,24,26,28,31,33,35,39-40,42-44H,4-9,11,14,17,20-23H2,1-3H3. The monoisotopic (exact) mass is 631 g/mol. The van der Waals surface area contributed by atoms with Gasteiger partial charge in [0.15, 0.2) is 23.3 Å². The Kier molecular flexibility index (Phi) is 10.4. The Morgan fingerprint density at radius 1 is 1.28 bits per heavy atom. The van der Waals surface area contributed by atoms with E-state index in [1.807, 2.05) is 32.2 Å². The van der Waals surface area contributed by atoms with Crippen molar-refractivity contribution in [2.75, 3.05) is 33.4 Å². The molecule has 8 nitrogen and oxygen atoms in total. The fraction of sp³-hybridized carbons (Fsp3) is 0.605. The molecule has 2 aliphatic heterocycles. The van der Waals surface area contributed by atoms with Gasteiger partial charge >= 0.3 is 0 Å². The van der Waals surface area contributed by atoms with Crippen LogP contribution in [-0.2, 0) is 11.2 Å². The highest BCUT2D eigenvalue weighted by atomic mass is 16.5. The Morgan fingerprint density at radius 3 is 2.93 bits per heavy atom. The van der Waals surface area contributed by atoms with Crippen LogP contribution in [0.4, 0.5) is 0 Å². The van der Waals surface area contributed by atoms with Crippen LogP contribution in [0.25, 0.3) is 0 Å². The van der Waals surface area contributed by atoms with Gasteiger partial charge in [-0.25, -0.2) is 0 Å². The highest BCUT2D eigenvalue weighted by molar-refractivity contribution is 6.07. The first kappa shape index (κ1) is 33.0. The van der Waals surface area contributed by atoms with Gasteiger partial charge in [0, 0.05) is 31.2 Å². The Labute approximate surface area is 275 Å². The minimum atomic E-state index is -0.378. The van der Waals surface area contributed by atoms with Gasteiger partial charge in [-0.3, -0.25) is 5.32 Å². The molecule has 7 rings (SSSR count). The van der Waals surface area contributed by atoms with Gasteiger partial charge in [-0.05, 0) is 69.7 Å². The largest absolute Gasteiger partial charge is 0.592 e. The van der Waals surface area contributed by atoms with Gasteiger partial charge in [0.2, 0.25) is 0 Å². The van der Waals surface area contributed by atoms with E-state index in [9.17, 15) is 15.3 Å². The topological polar surface area (TPSA) is 116 Å². The first-order valence-electron chi connectivity index (χ1n) is 17.6. The molecule has 2 heterocycles. The smallest absolute Gasteiger partial charge is 0.196 e. The fourth-order valence-electron chi connectivity index (χ4n) is 8.48. The fourth-order valence-corrected chi connectivity index (χ4v) is 8.48. The number of benzene rings is 1. The van der Waals surface area contributed by atoms with E-state index in [4.69, 9.17) is 14.5 Å². The predicted molar refractivity (Wildman–Crippen MR) is 181 cm³/mol. The summed E-state index contributed by atoms with van der Waals surface area (Å²) in [5, 5.41) is 37.4. The Balaban J connectivity index is 1.12. The zero-order valence-electron chi connectivity index (χ0n) is 27.8. The molecule has 1 aromatic rings. The lowest BCUT2D eigenvalue weighted by Gasteiger charge is -2.39. The first-order chi connectivity index (χ1) is 22.3. The molecular weight excluding hydrogens is 578 g/mol. The van der Waals surface area contributed by atoms with Crippen molar-refractivity contribution < 1.29 is 24.8 Å². The number of hydrogen-bond acceptors (Lipinski definition) is 8. The number of aromatic hydroxyl groups is 1. The second-order valence-corrected chi connectivity index (χ2v) is 14.0. The summed E-state index contributed by atoms with van der Waals surface area (Å²) >= 11 is 0. The summed E-state index contributed by atoms with van der Waals surface area (Å²) in [5.74, 6) is 3.80. The molecule has 0 amide bonds. The van der Waals surface area contributed by atoms with Crippen LogP contribution in [0.5, 0.6) is 11.5 Å². The summed E-state index contributed by atoms with van der Waals surface area (Å²) in [6, 6.07) is 6.40. The molecule has 0 aromatic heterocycles. The minimum absolute atomic E-state index is 0.0156. The molecule has 4 aliphatic carbocycles. The lowest BCUT2D eigenvalue weighted by Crippen LogP contribution is -2.41. The second kappa shape index (κ2) is 14.5. The number of nitrogens with zero attached hydrogens (tertiary/aromatic N) is 1. The van der Waals surface area contributed by atoms with Crippen molar-refractivity contribution in [3.05, 3.63) is 71.4 Å². The molecule has 7 unspecified atom stereocenters. The number of hydrogen-bond donors (Lipinski definition) is 5. The average molecular weight is 632 g/mol. The van der Waals surface area contributed by atoms with Gasteiger partial charge in [-0.1, -0.05) is 56.6 Å². The molecule has 5 N–H and O–H groups in total. The van der Waals surface area contributed by atoms with Crippen molar-refractivity contribution >= 4 is 5.71 Å². The molecule has 8 heteroatoms. The molecule has 46 heavy (non-hydrogen) atoms. The van der Waals surface area contributed by atoms with Crippen LogP contribution in [-0.4, -0.2) is 72.6 Å². The molecule has 1 aromatic carbocycles. The van der Waals surface area contributed by atoms with Gasteiger partial charge < -0.3 is 30.1 Å².